The summed E-state index contributed by atoms with van der Waals surface area (Å²) >= 11 is 30.3. The number of halogens is 5. The Balaban J connectivity index is 2.58. The Bertz CT molecular complexity index is 247. The van der Waals surface area contributed by atoms with E-state index in [-0.39, 0.29) is 0 Å². The SMILES string of the molecule is ClC1=C(Cl)C2(Cl)CCC1(Cl)C2Cl. The lowest BCUT2D eigenvalue weighted by atomic mass is 10.1. The molecule has 2 rings (SSSR count). The van der Waals surface area contributed by atoms with Crippen LogP contribution in [-0.4, -0.2) is 15.1 Å². The molecule has 2 atom stereocenters. The lowest BCUT2D eigenvalue weighted by Crippen LogP contribution is -2.31. The first-order valence-corrected chi connectivity index (χ1v) is 5.46. The number of alkyl halides is 3. The molecule has 0 heterocycles. The molecule has 2 bridgehead atoms. The van der Waals surface area contributed by atoms with Crippen molar-refractivity contribution in [3.8, 4) is 0 Å². The second-order valence-corrected chi connectivity index (χ2v) is 5.76. The van der Waals surface area contributed by atoms with Crippen LogP contribution in [-0.2, 0) is 0 Å². The molecular weight excluding hydrogens is 261 g/mol. The lowest BCUT2D eigenvalue weighted by Gasteiger charge is -2.20. The van der Waals surface area contributed by atoms with E-state index in [4.69, 9.17) is 58.0 Å². The monoisotopic (exact) mass is 264 g/mol. The normalized spacial score (nSPS) is 52.2. The van der Waals surface area contributed by atoms with Crippen LogP contribution in [0.4, 0.5) is 0 Å². The van der Waals surface area contributed by atoms with Crippen LogP contribution in [0.15, 0.2) is 10.1 Å². The highest BCUT2D eigenvalue weighted by atomic mass is 35.5. The smallest absolute Gasteiger partial charge is 0.0997 e. The van der Waals surface area contributed by atoms with Crippen molar-refractivity contribution in [2.24, 2.45) is 0 Å². The Hall–Kier alpha value is 1.19. The van der Waals surface area contributed by atoms with Gasteiger partial charge in [0, 0.05) is 0 Å². The predicted octanol–water partition coefficient (Wildman–Crippen LogP) is 4.05. The molecule has 0 aromatic heterocycles. The molecule has 1 saturated carbocycles. The Kier molecular flexibility index (Phi) is 2.12. The molecule has 0 spiro atoms. The summed E-state index contributed by atoms with van der Waals surface area (Å²) in [6, 6.07) is 0. The summed E-state index contributed by atoms with van der Waals surface area (Å²) < 4.78 is 0. The number of hydrogen-bond donors (Lipinski definition) is 0. The molecule has 0 aromatic rings. The summed E-state index contributed by atoms with van der Waals surface area (Å²) in [5, 5.41) is 0.451. The van der Waals surface area contributed by atoms with Crippen molar-refractivity contribution in [3.63, 3.8) is 0 Å². The van der Waals surface area contributed by atoms with Crippen LogP contribution in [0.25, 0.3) is 0 Å². The number of rotatable bonds is 0. The lowest BCUT2D eigenvalue weighted by molar-refractivity contribution is 0.724. The van der Waals surface area contributed by atoms with Crippen molar-refractivity contribution in [1.29, 1.82) is 0 Å². The van der Waals surface area contributed by atoms with E-state index in [2.05, 4.69) is 0 Å². The Morgan fingerprint density at radius 3 is 1.50 bits per heavy atom. The van der Waals surface area contributed by atoms with Crippen molar-refractivity contribution >= 4 is 58.0 Å². The van der Waals surface area contributed by atoms with Crippen LogP contribution >= 0.6 is 58.0 Å². The van der Waals surface area contributed by atoms with Gasteiger partial charge in [0.1, 0.15) is 0 Å². The molecule has 2 aliphatic rings. The zero-order valence-corrected chi connectivity index (χ0v) is 9.66. The Morgan fingerprint density at radius 2 is 1.33 bits per heavy atom. The average Bonchev–Trinajstić information content (AvgIpc) is 2.33. The minimum absolute atomic E-state index is 0.395. The molecule has 2 aliphatic carbocycles. The van der Waals surface area contributed by atoms with Crippen LogP contribution in [0.1, 0.15) is 12.8 Å². The van der Waals surface area contributed by atoms with E-state index in [9.17, 15) is 0 Å². The Labute approximate surface area is 95.7 Å². The van der Waals surface area contributed by atoms with E-state index in [0.29, 0.717) is 22.9 Å². The van der Waals surface area contributed by atoms with E-state index < -0.39 is 15.1 Å². The second-order valence-electron chi connectivity index (χ2n) is 3.22. The first kappa shape index (κ1) is 9.73. The maximum Gasteiger partial charge on any atom is 0.0997 e. The third-order valence-corrected chi connectivity index (χ3v) is 6.08. The Morgan fingerprint density at radius 1 is 1.00 bits per heavy atom. The number of allylic oxidation sites excluding steroid dienone is 2. The highest BCUT2D eigenvalue weighted by molar-refractivity contribution is 6.55. The first-order chi connectivity index (χ1) is 5.43. The molecule has 1 fully saturated rings. The van der Waals surface area contributed by atoms with Crippen molar-refractivity contribution in [3.05, 3.63) is 10.1 Å². The summed E-state index contributed by atoms with van der Waals surface area (Å²) in [5.74, 6) is 0. The number of hydrogen-bond acceptors (Lipinski definition) is 0. The van der Waals surface area contributed by atoms with Gasteiger partial charge in [-0.25, -0.2) is 0 Å². The summed E-state index contributed by atoms with van der Waals surface area (Å²) in [4.78, 5) is -1.44. The van der Waals surface area contributed by atoms with E-state index in [1.165, 1.54) is 0 Å². The molecule has 5 heteroatoms. The quantitative estimate of drug-likeness (QED) is 0.580. The molecule has 0 nitrogen and oxygen atoms in total. The highest BCUT2D eigenvalue weighted by Crippen LogP contribution is 2.64. The van der Waals surface area contributed by atoms with Gasteiger partial charge in [-0.2, -0.15) is 0 Å². The molecule has 68 valence electrons. The standard InChI is InChI=1S/C7H5Cl5/c8-3-4(9)7(12)2-1-6(3,11)5(7)10/h5H,1-2H2. The number of fused-ring (bicyclic) bond motifs is 2. The van der Waals surface area contributed by atoms with Gasteiger partial charge in [-0.05, 0) is 12.8 Å². The fourth-order valence-corrected chi connectivity index (χ4v) is 3.98. The van der Waals surface area contributed by atoms with Crippen molar-refractivity contribution in [2.45, 2.75) is 28.0 Å². The van der Waals surface area contributed by atoms with E-state index in [0.717, 1.165) is 0 Å². The maximum absolute atomic E-state index is 6.19. The highest BCUT2D eigenvalue weighted by Gasteiger charge is 2.65. The topological polar surface area (TPSA) is 0 Å². The molecule has 2 unspecified atom stereocenters. The van der Waals surface area contributed by atoms with Crippen molar-refractivity contribution in [2.75, 3.05) is 0 Å². The van der Waals surface area contributed by atoms with Crippen LogP contribution in [0.3, 0.4) is 0 Å². The second kappa shape index (κ2) is 2.61. The molecule has 0 radical (unpaired) electrons. The van der Waals surface area contributed by atoms with Gasteiger partial charge >= 0.3 is 0 Å². The third kappa shape index (κ3) is 0.887. The average molecular weight is 266 g/mol. The van der Waals surface area contributed by atoms with Gasteiger partial charge in [-0.3, -0.25) is 0 Å². The molecule has 0 saturated heterocycles. The van der Waals surface area contributed by atoms with Gasteiger partial charge in [0.25, 0.3) is 0 Å². The van der Waals surface area contributed by atoms with E-state index >= 15 is 0 Å². The van der Waals surface area contributed by atoms with E-state index in [1.54, 1.807) is 0 Å². The maximum atomic E-state index is 6.19. The summed E-state index contributed by atoms with van der Waals surface area (Å²) in [6.07, 6.45) is 1.39. The van der Waals surface area contributed by atoms with Gasteiger partial charge in [-0.1, -0.05) is 23.2 Å². The molecule has 0 amide bonds. The third-order valence-electron chi connectivity index (χ3n) is 2.58. The van der Waals surface area contributed by atoms with Gasteiger partial charge in [0.15, 0.2) is 0 Å². The van der Waals surface area contributed by atoms with Crippen LogP contribution in [0.2, 0.25) is 0 Å². The summed E-state index contributed by atoms with van der Waals surface area (Å²) in [5.41, 5.74) is 0. The van der Waals surface area contributed by atoms with Gasteiger partial charge in [0.2, 0.25) is 0 Å². The molecule has 0 aliphatic heterocycles. The predicted molar refractivity (Wildman–Crippen MR) is 54.8 cm³/mol. The fourth-order valence-electron chi connectivity index (χ4n) is 1.79. The van der Waals surface area contributed by atoms with Crippen LogP contribution < -0.4 is 0 Å². The summed E-state index contributed by atoms with van der Waals surface area (Å²) in [7, 11) is 0. The van der Waals surface area contributed by atoms with Crippen LogP contribution in [0, 0.1) is 0 Å². The summed E-state index contributed by atoms with van der Waals surface area (Å²) in [6.45, 7) is 0. The molecule has 0 N–H and O–H groups in total. The molecule has 0 aromatic carbocycles. The first-order valence-electron chi connectivity index (χ1n) is 3.51. The van der Waals surface area contributed by atoms with Crippen molar-refractivity contribution < 1.29 is 0 Å². The van der Waals surface area contributed by atoms with Gasteiger partial charge < -0.3 is 0 Å². The van der Waals surface area contributed by atoms with Crippen LogP contribution in [0.5, 0.6) is 0 Å². The van der Waals surface area contributed by atoms with Gasteiger partial charge in [0.05, 0.1) is 25.2 Å². The van der Waals surface area contributed by atoms with Crippen molar-refractivity contribution in [1.82, 2.24) is 0 Å². The minimum atomic E-state index is -0.720. The largest absolute Gasteiger partial charge is 0.118 e. The van der Waals surface area contributed by atoms with Gasteiger partial charge in [-0.15, -0.1) is 34.8 Å². The molecular formula is C7H5Cl5. The fraction of sp³-hybridized carbons (Fsp3) is 0.714. The zero-order chi connectivity index (χ0) is 9.15. The minimum Gasteiger partial charge on any atom is -0.118 e. The molecule has 12 heavy (non-hydrogen) atoms. The zero-order valence-electron chi connectivity index (χ0n) is 5.88. The van der Waals surface area contributed by atoms with E-state index in [1.807, 2.05) is 0 Å².